The average Bonchev–Trinajstić information content (AvgIpc) is 2.41. The van der Waals surface area contributed by atoms with Gasteiger partial charge in [0.15, 0.2) is 9.84 Å². The highest BCUT2D eigenvalue weighted by molar-refractivity contribution is 8.01. The molecule has 1 aliphatic heterocycles. The number of nitrogens with one attached hydrogen (secondary N) is 1. The van der Waals surface area contributed by atoms with Crippen LogP contribution >= 0.6 is 23.4 Å². The minimum Gasteiger partial charge on any atom is -0.326 e. The number of thioether (sulfide) groups is 1. The van der Waals surface area contributed by atoms with Gasteiger partial charge < -0.3 is 4.98 Å². The summed E-state index contributed by atoms with van der Waals surface area (Å²) in [5.74, 6) is 0.678. The summed E-state index contributed by atoms with van der Waals surface area (Å²) >= 11 is 7.02. The number of sulfone groups is 1. The van der Waals surface area contributed by atoms with Gasteiger partial charge in [-0.25, -0.2) is 16.8 Å². The molecule has 1 aromatic rings. The molecule has 0 saturated carbocycles. The SMILES string of the molecule is CS(=O)(=O)C1CSCCN1S(=O)(=O)c1c[nH]c(=O)c(Cl)c1. The molecule has 1 aliphatic rings. The quantitative estimate of drug-likeness (QED) is 0.809. The van der Waals surface area contributed by atoms with Crippen LogP contribution < -0.4 is 5.56 Å². The van der Waals surface area contributed by atoms with E-state index in [1.165, 1.54) is 11.8 Å². The number of sulfonamides is 1. The summed E-state index contributed by atoms with van der Waals surface area (Å²) in [7, 11) is -7.61. The Morgan fingerprint density at radius 2 is 2.05 bits per heavy atom. The Balaban J connectivity index is 2.50. The molecule has 2 rings (SSSR count). The largest absolute Gasteiger partial charge is 0.326 e. The lowest BCUT2D eigenvalue weighted by atomic mass is 10.5. The number of hydrogen-bond acceptors (Lipinski definition) is 6. The predicted octanol–water partition coefficient (Wildman–Crippen LogP) is 0.136. The van der Waals surface area contributed by atoms with E-state index >= 15 is 0 Å². The normalized spacial score (nSPS) is 21.3. The molecule has 11 heteroatoms. The monoisotopic (exact) mass is 372 g/mol. The Kier molecular flexibility index (Phi) is 4.74. The maximum absolute atomic E-state index is 12.6. The Labute approximate surface area is 131 Å². The van der Waals surface area contributed by atoms with Crippen molar-refractivity contribution < 1.29 is 16.8 Å². The van der Waals surface area contributed by atoms with Crippen molar-refractivity contribution in [1.29, 1.82) is 0 Å². The van der Waals surface area contributed by atoms with Crippen molar-refractivity contribution in [3.63, 3.8) is 0 Å². The first-order valence-electron chi connectivity index (χ1n) is 5.81. The molecule has 1 N–H and O–H groups in total. The number of aromatic amines is 1. The second-order valence-electron chi connectivity index (χ2n) is 4.49. The van der Waals surface area contributed by atoms with Gasteiger partial charge >= 0.3 is 0 Å². The zero-order valence-electron chi connectivity index (χ0n) is 10.9. The van der Waals surface area contributed by atoms with E-state index in [4.69, 9.17) is 11.6 Å². The predicted molar refractivity (Wildman–Crippen MR) is 81.9 cm³/mol. The van der Waals surface area contributed by atoms with Crippen molar-refractivity contribution in [2.75, 3.05) is 24.3 Å². The lowest BCUT2D eigenvalue weighted by molar-refractivity contribution is 0.404. The van der Waals surface area contributed by atoms with Crippen LogP contribution in [0.4, 0.5) is 0 Å². The van der Waals surface area contributed by atoms with Crippen molar-refractivity contribution in [2.45, 2.75) is 10.3 Å². The van der Waals surface area contributed by atoms with Gasteiger partial charge in [-0.2, -0.15) is 16.1 Å². The van der Waals surface area contributed by atoms with E-state index in [-0.39, 0.29) is 22.2 Å². The van der Waals surface area contributed by atoms with Crippen LogP contribution in [0.1, 0.15) is 0 Å². The summed E-state index contributed by atoms with van der Waals surface area (Å²) in [6.45, 7) is 0.0848. The van der Waals surface area contributed by atoms with Crippen molar-refractivity contribution in [3.8, 4) is 0 Å². The van der Waals surface area contributed by atoms with Gasteiger partial charge in [0.25, 0.3) is 5.56 Å². The van der Waals surface area contributed by atoms with E-state index in [0.717, 1.165) is 22.8 Å². The summed E-state index contributed by atoms with van der Waals surface area (Å²) in [6, 6.07) is 1.02. The molecular weight excluding hydrogens is 360 g/mol. The van der Waals surface area contributed by atoms with Crippen LogP contribution in [0.2, 0.25) is 5.02 Å². The first-order chi connectivity index (χ1) is 9.64. The molecule has 1 unspecified atom stereocenters. The summed E-state index contributed by atoms with van der Waals surface area (Å²) < 4.78 is 49.7. The van der Waals surface area contributed by atoms with E-state index < -0.39 is 30.8 Å². The van der Waals surface area contributed by atoms with Gasteiger partial charge in [0.05, 0.1) is 4.90 Å². The average molecular weight is 373 g/mol. The van der Waals surface area contributed by atoms with E-state index in [2.05, 4.69) is 4.98 Å². The topological polar surface area (TPSA) is 104 Å². The first-order valence-corrected chi connectivity index (χ1v) is 10.7. The highest BCUT2D eigenvalue weighted by Crippen LogP contribution is 2.27. The third-order valence-electron chi connectivity index (χ3n) is 2.97. The Morgan fingerprint density at radius 3 is 2.62 bits per heavy atom. The fourth-order valence-electron chi connectivity index (χ4n) is 1.90. The second kappa shape index (κ2) is 5.92. The van der Waals surface area contributed by atoms with Crippen molar-refractivity contribution in [1.82, 2.24) is 9.29 Å². The number of H-pyrrole nitrogens is 1. The fourth-order valence-corrected chi connectivity index (χ4v) is 7.30. The zero-order valence-corrected chi connectivity index (χ0v) is 14.1. The van der Waals surface area contributed by atoms with Gasteiger partial charge in [0, 0.05) is 30.5 Å². The molecule has 1 atom stereocenters. The number of pyridine rings is 1. The van der Waals surface area contributed by atoms with Gasteiger partial charge in [-0.3, -0.25) is 4.79 Å². The Morgan fingerprint density at radius 1 is 1.38 bits per heavy atom. The maximum atomic E-state index is 12.6. The second-order valence-corrected chi connectivity index (χ2v) is 10.1. The molecule has 1 saturated heterocycles. The molecular formula is C10H13ClN2O5S3. The standard InChI is InChI=1S/C10H13ClN2O5S3/c1-20(15,16)9-6-19-3-2-13(9)21(17,18)7-4-8(11)10(14)12-5-7/h4-5,9H,2-3,6H2,1H3,(H,12,14). The molecule has 1 aromatic heterocycles. The smallest absolute Gasteiger partial charge is 0.266 e. The van der Waals surface area contributed by atoms with Crippen molar-refractivity contribution >= 4 is 43.2 Å². The Hall–Kier alpha value is -0.550. The van der Waals surface area contributed by atoms with Gasteiger partial charge in [-0.05, 0) is 6.07 Å². The highest BCUT2D eigenvalue weighted by Gasteiger charge is 2.39. The van der Waals surface area contributed by atoms with E-state index in [1.807, 2.05) is 0 Å². The molecule has 1 fully saturated rings. The van der Waals surface area contributed by atoms with Crippen LogP contribution in [0, 0.1) is 0 Å². The molecule has 21 heavy (non-hydrogen) atoms. The van der Waals surface area contributed by atoms with Gasteiger partial charge in [-0.15, -0.1) is 0 Å². The number of aromatic nitrogens is 1. The van der Waals surface area contributed by atoms with Crippen molar-refractivity contribution in [3.05, 3.63) is 27.6 Å². The molecule has 0 aromatic carbocycles. The molecule has 0 radical (unpaired) electrons. The van der Waals surface area contributed by atoms with Crippen molar-refractivity contribution in [2.24, 2.45) is 0 Å². The van der Waals surface area contributed by atoms with E-state index in [9.17, 15) is 21.6 Å². The molecule has 0 bridgehead atoms. The summed E-state index contributed by atoms with van der Waals surface area (Å²) in [5.41, 5.74) is -0.607. The number of halogens is 1. The van der Waals surface area contributed by atoms with Gasteiger partial charge in [0.2, 0.25) is 10.0 Å². The highest BCUT2D eigenvalue weighted by atomic mass is 35.5. The zero-order chi connectivity index (χ0) is 15.8. The van der Waals surface area contributed by atoms with Crippen LogP contribution in [-0.2, 0) is 19.9 Å². The molecule has 0 amide bonds. The van der Waals surface area contributed by atoms with Gasteiger partial charge in [-0.1, -0.05) is 11.6 Å². The van der Waals surface area contributed by atoms with Crippen LogP contribution in [0.3, 0.4) is 0 Å². The number of nitrogens with zero attached hydrogens (tertiary/aromatic N) is 1. The minimum atomic E-state index is -4.05. The lowest BCUT2D eigenvalue weighted by Gasteiger charge is -2.32. The van der Waals surface area contributed by atoms with Crippen LogP contribution in [0.15, 0.2) is 22.0 Å². The third kappa shape index (κ3) is 3.45. The summed E-state index contributed by atoms with van der Waals surface area (Å²) in [6.07, 6.45) is 2.02. The summed E-state index contributed by atoms with van der Waals surface area (Å²) in [4.78, 5) is 13.2. The molecule has 7 nitrogen and oxygen atoms in total. The molecule has 0 spiro atoms. The fraction of sp³-hybridized carbons (Fsp3) is 0.500. The summed E-state index contributed by atoms with van der Waals surface area (Å²) in [5, 5.41) is -1.38. The third-order valence-corrected chi connectivity index (χ3v) is 7.91. The van der Waals surface area contributed by atoms with Crippen LogP contribution in [0.5, 0.6) is 0 Å². The maximum Gasteiger partial charge on any atom is 0.266 e. The Bertz CT molecular complexity index is 802. The number of rotatable bonds is 3. The van der Waals surface area contributed by atoms with E-state index in [1.54, 1.807) is 0 Å². The van der Waals surface area contributed by atoms with E-state index in [0.29, 0.717) is 5.75 Å². The molecule has 2 heterocycles. The molecule has 0 aliphatic carbocycles. The number of hydrogen-bond donors (Lipinski definition) is 1. The minimum absolute atomic E-state index is 0.0848. The first kappa shape index (κ1) is 16.8. The lowest BCUT2D eigenvalue weighted by Crippen LogP contribution is -2.49. The molecule has 118 valence electrons. The van der Waals surface area contributed by atoms with Crippen LogP contribution in [0.25, 0.3) is 0 Å². The van der Waals surface area contributed by atoms with Crippen LogP contribution in [-0.4, -0.2) is 55.8 Å². The van der Waals surface area contributed by atoms with Gasteiger partial charge in [0.1, 0.15) is 10.4 Å².